The summed E-state index contributed by atoms with van der Waals surface area (Å²) in [6.07, 6.45) is 4.33. The van der Waals surface area contributed by atoms with Gasteiger partial charge in [-0.05, 0) is 45.6 Å². The van der Waals surface area contributed by atoms with Crippen LogP contribution in [0.2, 0.25) is 0 Å². The van der Waals surface area contributed by atoms with E-state index in [2.05, 4.69) is 22.0 Å². The molecule has 1 amide bonds. The molecule has 0 bridgehead atoms. The van der Waals surface area contributed by atoms with Crippen molar-refractivity contribution in [2.45, 2.75) is 51.2 Å². The molecule has 3 fully saturated rings. The summed E-state index contributed by atoms with van der Waals surface area (Å²) in [6.45, 7) is 10.6. The molecule has 0 aromatic rings. The van der Waals surface area contributed by atoms with Gasteiger partial charge in [0.25, 0.3) is 5.91 Å². The predicted molar refractivity (Wildman–Crippen MR) is 109 cm³/mol. The Morgan fingerprint density at radius 1 is 1.11 bits per heavy atom. The zero-order chi connectivity index (χ0) is 19.8. The maximum absolute atomic E-state index is 12.5. The molecule has 3 saturated heterocycles. The van der Waals surface area contributed by atoms with Crippen molar-refractivity contribution < 1.29 is 14.6 Å². The number of amides is 1. The van der Waals surface area contributed by atoms with Crippen LogP contribution in [-0.4, -0.2) is 109 Å². The summed E-state index contributed by atoms with van der Waals surface area (Å²) in [5.41, 5.74) is 0. The monoisotopic (exact) mass is 395 g/mol. The molecule has 3 aliphatic rings. The molecule has 0 radical (unpaired) electrons. The average molecular weight is 396 g/mol. The molecule has 1 atom stereocenters. The Balaban J connectivity index is 1.40. The largest absolute Gasteiger partial charge is 0.393 e. The number of aliphatic imine (C=N–C) groups is 1. The summed E-state index contributed by atoms with van der Waals surface area (Å²) in [7, 11) is 0. The average Bonchev–Trinajstić information content (AvgIpc) is 3.26. The molecule has 2 N–H and O–H groups in total. The Morgan fingerprint density at radius 2 is 1.82 bits per heavy atom. The number of ether oxygens (including phenoxy) is 1. The predicted octanol–water partition coefficient (Wildman–Crippen LogP) is 0.122. The van der Waals surface area contributed by atoms with Crippen molar-refractivity contribution in [3.05, 3.63) is 0 Å². The molecular formula is C20H37N5O3. The third-order valence-corrected chi connectivity index (χ3v) is 5.88. The number of hydrogen-bond acceptors (Lipinski definition) is 5. The second-order valence-corrected chi connectivity index (χ2v) is 7.98. The summed E-state index contributed by atoms with van der Waals surface area (Å²) < 4.78 is 5.54. The van der Waals surface area contributed by atoms with Gasteiger partial charge < -0.3 is 29.9 Å². The molecular weight excluding hydrogens is 358 g/mol. The first-order chi connectivity index (χ1) is 13.7. The molecule has 8 nitrogen and oxygen atoms in total. The van der Waals surface area contributed by atoms with Gasteiger partial charge in [0, 0.05) is 59.0 Å². The highest BCUT2D eigenvalue weighted by Gasteiger charge is 2.30. The van der Waals surface area contributed by atoms with E-state index in [1.54, 1.807) is 0 Å². The summed E-state index contributed by atoms with van der Waals surface area (Å²) in [6, 6.07) is 0. The number of aliphatic hydroxyl groups is 1. The normalized spacial score (nSPS) is 25.4. The van der Waals surface area contributed by atoms with Gasteiger partial charge >= 0.3 is 0 Å². The van der Waals surface area contributed by atoms with Crippen molar-refractivity contribution in [1.29, 1.82) is 0 Å². The number of nitrogens with one attached hydrogen (secondary N) is 1. The summed E-state index contributed by atoms with van der Waals surface area (Å²) >= 11 is 0. The van der Waals surface area contributed by atoms with Crippen molar-refractivity contribution >= 4 is 11.9 Å². The summed E-state index contributed by atoms with van der Waals surface area (Å²) in [4.78, 5) is 23.9. The second kappa shape index (κ2) is 11.0. The lowest BCUT2D eigenvalue weighted by atomic mass is 10.1. The lowest BCUT2D eigenvalue weighted by Crippen LogP contribution is -2.55. The summed E-state index contributed by atoms with van der Waals surface area (Å²) in [5, 5.41) is 13.0. The van der Waals surface area contributed by atoms with Crippen LogP contribution in [0.4, 0.5) is 0 Å². The van der Waals surface area contributed by atoms with Crippen LogP contribution in [-0.2, 0) is 9.53 Å². The van der Waals surface area contributed by atoms with E-state index in [1.807, 2.05) is 4.90 Å². The van der Waals surface area contributed by atoms with Crippen molar-refractivity contribution in [1.82, 2.24) is 20.0 Å². The van der Waals surface area contributed by atoms with Crippen LogP contribution >= 0.6 is 0 Å². The Labute approximate surface area is 168 Å². The van der Waals surface area contributed by atoms with Gasteiger partial charge in [-0.3, -0.25) is 9.79 Å². The van der Waals surface area contributed by atoms with Crippen LogP contribution < -0.4 is 5.32 Å². The quantitative estimate of drug-likeness (QED) is 0.378. The second-order valence-electron chi connectivity index (χ2n) is 7.98. The highest BCUT2D eigenvalue weighted by Crippen LogP contribution is 2.16. The lowest BCUT2D eigenvalue weighted by Gasteiger charge is -2.37. The standard InChI is InChI=1S/C20H37N5O3/c1-2-21-20(22-8-4-9-23-10-6-17(26)7-11-23)25-14-12-24(13-15-25)19(27)18-5-3-16-28-18/h17-18,26H,2-16H2,1H3,(H,21,22). The number of guanidine groups is 1. The van der Waals surface area contributed by atoms with Gasteiger partial charge in [-0.25, -0.2) is 0 Å². The first kappa shape index (κ1) is 21.3. The zero-order valence-corrected chi connectivity index (χ0v) is 17.3. The molecule has 0 saturated carbocycles. The maximum Gasteiger partial charge on any atom is 0.251 e. The van der Waals surface area contributed by atoms with Crippen LogP contribution in [0.15, 0.2) is 4.99 Å². The van der Waals surface area contributed by atoms with Gasteiger partial charge in [-0.1, -0.05) is 0 Å². The van der Waals surface area contributed by atoms with Crippen LogP contribution in [0.5, 0.6) is 0 Å². The molecule has 0 aliphatic carbocycles. The molecule has 3 heterocycles. The number of hydrogen-bond donors (Lipinski definition) is 2. The van der Waals surface area contributed by atoms with E-state index < -0.39 is 0 Å². The zero-order valence-electron chi connectivity index (χ0n) is 17.3. The van der Waals surface area contributed by atoms with Gasteiger partial charge in [0.2, 0.25) is 0 Å². The molecule has 0 aromatic heterocycles. The van der Waals surface area contributed by atoms with Crippen molar-refractivity contribution in [3.8, 4) is 0 Å². The van der Waals surface area contributed by atoms with E-state index in [4.69, 9.17) is 9.73 Å². The molecule has 3 rings (SSSR count). The SMILES string of the molecule is CCNC(=NCCCN1CCC(O)CC1)N1CCN(C(=O)C2CCCO2)CC1. The fraction of sp³-hybridized carbons (Fsp3) is 0.900. The molecule has 160 valence electrons. The molecule has 0 aromatic carbocycles. The van der Waals surface area contributed by atoms with E-state index in [9.17, 15) is 9.90 Å². The van der Waals surface area contributed by atoms with E-state index in [0.29, 0.717) is 6.61 Å². The van der Waals surface area contributed by atoms with Crippen molar-refractivity contribution in [3.63, 3.8) is 0 Å². The molecule has 28 heavy (non-hydrogen) atoms. The van der Waals surface area contributed by atoms with Crippen LogP contribution in [0.3, 0.4) is 0 Å². The summed E-state index contributed by atoms with van der Waals surface area (Å²) in [5.74, 6) is 1.12. The van der Waals surface area contributed by atoms with E-state index in [-0.39, 0.29) is 18.1 Å². The molecule has 8 heteroatoms. The van der Waals surface area contributed by atoms with Crippen LogP contribution in [0.25, 0.3) is 0 Å². The van der Waals surface area contributed by atoms with Gasteiger partial charge in [0.15, 0.2) is 5.96 Å². The number of nitrogens with zero attached hydrogens (tertiary/aromatic N) is 4. The van der Waals surface area contributed by atoms with E-state index >= 15 is 0 Å². The first-order valence-corrected chi connectivity index (χ1v) is 11.0. The van der Waals surface area contributed by atoms with Gasteiger partial charge in [-0.15, -0.1) is 0 Å². The van der Waals surface area contributed by atoms with Gasteiger partial charge in [-0.2, -0.15) is 0 Å². The minimum absolute atomic E-state index is 0.111. The number of piperazine rings is 1. The maximum atomic E-state index is 12.5. The Hall–Kier alpha value is -1.38. The number of piperidine rings is 1. The van der Waals surface area contributed by atoms with Crippen LogP contribution in [0.1, 0.15) is 39.0 Å². The minimum atomic E-state index is -0.218. The fourth-order valence-corrected chi connectivity index (χ4v) is 4.16. The Kier molecular flexibility index (Phi) is 8.36. The number of carbonyl (C=O) groups excluding carboxylic acids is 1. The minimum Gasteiger partial charge on any atom is -0.393 e. The fourth-order valence-electron chi connectivity index (χ4n) is 4.16. The van der Waals surface area contributed by atoms with Crippen molar-refractivity contribution in [2.24, 2.45) is 4.99 Å². The third kappa shape index (κ3) is 6.06. The van der Waals surface area contributed by atoms with Gasteiger partial charge in [0.1, 0.15) is 6.10 Å². The highest BCUT2D eigenvalue weighted by molar-refractivity contribution is 5.82. The van der Waals surface area contributed by atoms with E-state index in [1.165, 1.54) is 0 Å². The third-order valence-electron chi connectivity index (χ3n) is 5.88. The number of likely N-dealkylation sites (tertiary alicyclic amines) is 1. The Morgan fingerprint density at radius 3 is 2.46 bits per heavy atom. The highest BCUT2D eigenvalue weighted by atomic mass is 16.5. The Bertz CT molecular complexity index is 508. The number of carbonyl (C=O) groups is 1. The number of rotatable bonds is 6. The molecule has 3 aliphatic heterocycles. The molecule has 0 spiro atoms. The lowest BCUT2D eigenvalue weighted by molar-refractivity contribution is -0.142. The number of aliphatic hydroxyl groups excluding tert-OH is 1. The smallest absolute Gasteiger partial charge is 0.251 e. The van der Waals surface area contributed by atoms with Gasteiger partial charge in [0.05, 0.1) is 6.10 Å². The van der Waals surface area contributed by atoms with E-state index in [0.717, 1.165) is 97.0 Å². The topological polar surface area (TPSA) is 80.6 Å². The van der Waals surface area contributed by atoms with Crippen LogP contribution in [0, 0.1) is 0 Å². The first-order valence-electron chi connectivity index (χ1n) is 11.0. The molecule has 1 unspecified atom stereocenters. The van der Waals surface area contributed by atoms with Crippen molar-refractivity contribution in [2.75, 3.05) is 65.5 Å².